The van der Waals surface area contributed by atoms with E-state index in [-0.39, 0.29) is 5.56 Å². The molecule has 0 unspecified atom stereocenters. The van der Waals surface area contributed by atoms with Gasteiger partial charge in [-0.05, 0) is 42.5 Å². The van der Waals surface area contributed by atoms with E-state index in [0.29, 0.717) is 27.9 Å². The van der Waals surface area contributed by atoms with Gasteiger partial charge in [0, 0.05) is 10.9 Å². The highest BCUT2D eigenvalue weighted by Crippen LogP contribution is 2.25. The second-order valence-corrected chi connectivity index (χ2v) is 5.97. The van der Waals surface area contributed by atoms with Crippen molar-refractivity contribution in [3.8, 4) is 11.5 Å². The number of nitrogens with one attached hydrogen (secondary N) is 2. The van der Waals surface area contributed by atoms with Gasteiger partial charge in [0.2, 0.25) is 0 Å². The maximum atomic E-state index is 13.3. The van der Waals surface area contributed by atoms with Gasteiger partial charge in [-0.1, -0.05) is 24.3 Å². The van der Waals surface area contributed by atoms with Crippen molar-refractivity contribution in [2.75, 3.05) is 0 Å². The van der Waals surface area contributed by atoms with Crippen molar-refractivity contribution in [1.29, 1.82) is 0 Å². The van der Waals surface area contributed by atoms with Crippen molar-refractivity contribution >= 4 is 22.7 Å². The molecule has 0 aliphatic heterocycles. The average molecular weight is 375 g/mol. The molecule has 4 aromatic rings. The number of halogens is 1. The normalized spacial score (nSPS) is 10.6. The molecule has 2 aromatic heterocycles. The lowest BCUT2D eigenvalue weighted by atomic mass is 10.1. The summed E-state index contributed by atoms with van der Waals surface area (Å²) in [6.45, 7) is 0. The van der Waals surface area contributed by atoms with Gasteiger partial charge in [0.25, 0.3) is 11.8 Å². The number of benzene rings is 2. The summed E-state index contributed by atoms with van der Waals surface area (Å²) in [5.41, 5.74) is 6.17. The Morgan fingerprint density at radius 3 is 2.50 bits per heavy atom. The number of hydrazine groups is 1. The summed E-state index contributed by atoms with van der Waals surface area (Å²) in [5.74, 6) is -1.18. The summed E-state index contributed by atoms with van der Waals surface area (Å²) < 4.78 is 18.6. The van der Waals surface area contributed by atoms with E-state index >= 15 is 0 Å². The van der Waals surface area contributed by atoms with Gasteiger partial charge in [0.15, 0.2) is 5.76 Å². The third-order valence-electron chi connectivity index (χ3n) is 4.11. The van der Waals surface area contributed by atoms with E-state index in [9.17, 15) is 14.0 Å². The Morgan fingerprint density at radius 1 is 0.893 bits per heavy atom. The van der Waals surface area contributed by atoms with E-state index in [1.165, 1.54) is 24.5 Å². The van der Waals surface area contributed by atoms with Gasteiger partial charge >= 0.3 is 0 Å². The first-order valence-electron chi connectivity index (χ1n) is 8.42. The summed E-state index contributed by atoms with van der Waals surface area (Å²) >= 11 is 0. The number of nitrogens with zero attached hydrogens (tertiary/aromatic N) is 1. The summed E-state index contributed by atoms with van der Waals surface area (Å²) in [4.78, 5) is 29.4. The summed E-state index contributed by atoms with van der Waals surface area (Å²) in [7, 11) is 0. The minimum atomic E-state index is -0.627. The van der Waals surface area contributed by atoms with Crippen LogP contribution >= 0.6 is 0 Å². The third-order valence-corrected chi connectivity index (χ3v) is 4.11. The molecule has 4 rings (SSSR count). The number of amides is 2. The molecule has 0 aliphatic carbocycles. The molecule has 6 nitrogen and oxygen atoms in total. The highest BCUT2D eigenvalue weighted by Gasteiger charge is 2.16. The van der Waals surface area contributed by atoms with Crippen LogP contribution in [0.25, 0.3) is 22.4 Å². The molecule has 0 fully saturated rings. The number of rotatable bonds is 3. The Morgan fingerprint density at radius 2 is 1.71 bits per heavy atom. The molecule has 2 amide bonds. The van der Waals surface area contributed by atoms with Crippen LogP contribution in [0.4, 0.5) is 4.39 Å². The molecule has 2 N–H and O–H groups in total. The van der Waals surface area contributed by atoms with Gasteiger partial charge in [0.1, 0.15) is 11.5 Å². The van der Waals surface area contributed by atoms with Crippen LogP contribution in [0, 0.1) is 5.82 Å². The van der Waals surface area contributed by atoms with Gasteiger partial charge in [-0.2, -0.15) is 0 Å². The molecule has 138 valence electrons. The molecule has 0 bridgehead atoms. The van der Waals surface area contributed by atoms with Gasteiger partial charge < -0.3 is 4.42 Å². The number of para-hydroxylation sites is 1. The molecule has 0 spiro atoms. The van der Waals surface area contributed by atoms with E-state index in [4.69, 9.17) is 4.42 Å². The fourth-order valence-electron chi connectivity index (χ4n) is 2.80. The van der Waals surface area contributed by atoms with E-state index < -0.39 is 17.6 Å². The number of aromatic nitrogens is 1. The molecule has 7 heteroatoms. The first-order chi connectivity index (χ1) is 13.6. The van der Waals surface area contributed by atoms with Crippen LogP contribution in [0.2, 0.25) is 0 Å². The van der Waals surface area contributed by atoms with Crippen molar-refractivity contribution in [1.82, 2.24) is 15.8 Å². The lowest BCUT2D eigenvalue weighted by molar-refractivity contribution is 0.0847. The lowest BCUT2D eigenvalue weighted by Gasteiger charge is -2.11. The minimum absolute atomic E-state index is 0.0937. The molecule has 0 saturated carbocycles. The lowest BCUT2D eigenvalue weighted by Crippen LogP contribution is -2.41. The topological polar surface area (TPSA) is 84.2 Å². The van der Waals surface area contributed by atoms with Crippen LogP contribution in [-0.4, -0.2) is 16.8 Å². The predicted molar refractivity (Wildman–Crippen MR) is 101 cm³/mol. The van der Waals surface area contributed by atoms with E-state index in [1.54, 1.807) is 36.4 Å². The highest BCUT2D eigenvalue weighted by molar-refractivity contribution is 6.08. The van der Waals surface area contributed by atoms with E-state index in [0.717, 1.165) is 6.07 Å². The molecular formula is C21H14FN3O3. The van der Waals surface area contributed by atoms with Crippen LogP contribution in [0.15, 0.2) is 77.4 Å². The number of carbonyl (C=O) groups is 2. The summed E-state index contributed by atoms with van der Waals surface area (Å²) in [5, 5.41) is 0.621. The highest BCUT2D eigenvalue weighted by atomic mass is 19.1. The van der Waals surface area contributed by atoms with Gasteiger partial charge in [-0.15, -0.1) is 0 Å². The zero-order chi connectivity index (χ0) is 19.5. The summed E-state index contributed by atoms with van der Waals surface area (Å²) in [6.07, 6.45) is 1.52. The van der Waals surface area contributed by atoms with Crippen molar-refractivity contribution in [3.63, 3.8) is 0 Å². The number of carbonyl (C=O) groups excluding carboxylic acids is 2. The fourth-order valence-corrected chi connectivity index (χ4v) is 2.80. The van der Waals surface area contributed by atoms with Gasteiger partial charge in [-0.3, -0.25) is 20.4 Å². The fraction of sp³-hybridized carbons (Fsp3) is 0. The zero-order valence-electron chi connectivity index (χ0n) is 14.5. The monoisotopic (exact) mass is 375 g/mol. The van der Waals surface area contributed by atoms with Crippen molar-refractivity contribution in [2.24, 2.45) is 0 Å². The van der Waals surface area contributed by atoms with Crippen LogP contribution in [0.3, 0.4) is 0 Å². The molecule has 2 heterocycles. The molecule has 2 aromatic carbocycles. The number of hydrogen-bond donors (Lipinski definition) is 2. The Hall–Kier alpha value is -4.00. The second kappa shape index (κ2) is 7.32. The largest absolute Gasteiger partial charge is 0.463 e. The number of furan rings is 1. The van der Waals surface area contributed by atoms with Crippen LogP contribution in [-0.2, 0) is 0 Å². The van der Waals surface area contributed by atoms with Gasteiger partial charge in [0.05, 0.1) is 17.3 Å². The maximum absolute atomic E-state index is 13.3. The average Bonchev–Trinajstić information content (AvgIpc) is 3.26. The van der Waals surface area contributed by atoms with E-state index in [1.807, 2.05) is 6.07 Å². The predicted octanol–water partition coefficient (Wildman–Crippen LogP) is 3.71. The van der Waals surface area contributed by atoms with Crippen molar-refractivity contribution in [2.45, 2.75) is 0 Å². The molecule has 28 heavy (non-hydrogen) atoms. The SMILES string of the molecule is O=C(NNC(=O)c1cc(-c2ccco2)nc2ccccc12)c1cccc(F)c1. The van der Waals surface area contributed by atoms with Crippen molar-refractivity contribution < 1.29 is 18.4 Å². The van der Waals surface area contributed by atoms with Gasteiger partial charge in [-0.25, -0.2) is 9.37 Å². The molecular weight excluding hydrogens is 361 g/mol. The Bertz CT molecular complexity index is 1170. The quantitative estimate of drug-likeness (QED) is 0.535. The Balaban J connectivity index is 1.62. The molecule has 0 radical (unpaired) electrons. The maximum Gasteiger partial charge on any atom is 0.270 e. The molecule has 0 atom stereocenters. The molecule has 0 aliphatic rings. The van der Waals surface area contributed by atoms with E-state index in [2.05, 4.69) is 15.8 Å². The smallest absolute Gasteiger partial charge is 0.270 e. The Kier molecular flexibility index (Phi) is 4.55. The second-order valence-electron chi connectivity index (χ2n) is 5.97. The number of pyridine rings is 1. The van der Waals surface area contributed by atoms with Crippen LogP contribution in [0.5, 0.6) is 0 Å². The number of hydrogen-bond acceptors (Lipinski definition) is 4. The summed E-state index contributed by atoms with van der Waals surface area (Å²) in [6, 6.07) is 17.4. The minimum Gasteiger partial charge on any atom is -0.463 e. The Labute approximate surface area is 159 Å². The van der Waals surface area contributed by atoms with Crippen molar-refractivity contribution in [3.05, 3.63) is 89.9 Å². The first-order valence-corrected chi connectivity index (χ1v) is 8.42. The van der Waals surface area contributed by atoms with Crippen LogP contribution < -0.4 is 10.9 Å². The third kappa shape index (κ3) is 3.45. The number of fused-ring (bicyclic) bond motifs is 1. The first kappa shape index (κ1) is 17.4. The molecule has 0 saturated heterocycles. The van der Waals surface area contributed by atoms with Crippen LogP contribution in [0.1, 0.15) is 20.7 Å². The standard InChI is InChI=1S/C21H14FN3O3/c22-14-6-3-5-13(11-14)20(26)24-25-21(27)16-12-18(19-9-4-10-28-19)23-17-8-2-1-7-15(16)17/h1-12H,(H,24,26)(H,25,27). The zero-order valence-corrected chi connectivity index (χ0v) is 14.5.